The lowest BCUT2D eigenvalue weighted by Crippen LogP contribution is -2.27. The van der Waals surface area contributed by atoms with Gasteiger partial charge in [0.25, 0.3) is 0 Å². The fraction of sp³-hybridized carbons (Fsp3) is 0.333. The fourth-order valence-corrected chi connectivity index (χ4v) is 2.64. The van der Waals surface area contributed by atoms with Crippen LogP contribution >= 0.6 is 11.3 Å². The van der Waals surface area contributed by atoms with Crippen LogP contribution in [0.1, 0.15) is 19.0 Å². The third-order valence-electron chi connectivity index (χ3n) is 2.85. The summed E-state index contributed by atoms with van der Waals surface area (Å²) in [6.07, 6.45) is 0.461. The highest BCUT2D eigenvalue weighted by molar-refractivity contribution is 7.13. The van der Waals surface area contributed by atoms with Crippen molar-refractivity contribution in [2.24, 2.45) is 0 Å². The molecule has 6 heteroatoms. The molecule has 1 aromatic carbocycles. The van der Waals surface area contributed by atoms with Crippen molar-refractivity contribution in [3.05, 3.63) is 41.2 Å². The number of nitrogens with one attached hydrogen (secondary N) is 2. The molecule has 0 saturated carbocycles. The molecular weight excluding hydrogens is 289 g/mol. The zero-order chi connectivity index (χ0) is 15.1. The van der Waals surface area contributed by atoms with Crippen LogP contribution in [-0.2, 0) is 11.3 Å². The summed E-state index contributed by atoms with van der Waals surface area (Å²) >= 11 is 1.53. The summed E-state index contributed by atoms with van der Waals surface area (Å²) in [6, 6.07) is 6.31. The standard InChI is InChI=1S/C15H18FN3OS/c1-2-18-14(20)7-8-17-9-13-10-21-15(19-13)11-3-5-12(16)6-4-11/h3-6,10,17H,2,7-9H2,1H3,(H,18,20). The van der Waals surface area contributed by atoms with Gasteiger partial charge >= 0.3 is 0 Å². The van der Waals surface area contributed by atoms with Crippen molar-refractivity contribution < 1.29 is 9.18 Å². The Morgan fingerprint density at radius 2 is 2.10 bits per heavy atom. The van der Waals surface area contributed by atoms with Crippen molar-refractivity contribution in [2.45, 2.75) is 19.9 Å². The number of carbonyl (C=O) groups excluding carboxylic acids is 1. The van der Waals surface area contributed by atoms with Crippen molar-refractivity contribution in [2.75, 3.05) is 13.1 Å². The number of rotatable bonds is 7. The van der Waals surface area contributed by atoms with E-state index < -0.39 is 0 Å². The smallest absolute Gasteiger partial charge is 0.221 e. The maximum Gasteiger partial charge on any atom is 0.221 e. The van der Waals surface area contributed by atoms with E-state index in [-0.39, 0.29) is 11.7 Å². The molecule has 0 unspecified atom stereocenters. The minimum Gasteiger partial charge on any atom is -0.356 e. The Hall–Kier alpha value is -1.79. The Bertz CT molecular complexity index is 583. The van der Waals surface area contributed by atoms with Crippen molar-refractivity contribution >= 4 is 17.2 Å². The number of halogens is 1. The van der Waals surface area contributed by atoms with Crippen LogP contribution in [0.4, 0.5) is 4.39 Å². The minimum atomic E-state index is -0.248. The quantitative estimate of drug-likeness (QED) is 0.773. The number of hydrogen-bond acceptors (Lipinski definition) is 4. The van der Waals surface area contributed by atoms with E-state index >= 15 is 0 Å². The number of carbonyl (C=O) groups is 1. The molecule has 0 bridgehead atoms. The highest BCUT2D eigenvalue weighted by Crippen LogP contribution is 2.23. The Balaban J connectivity index is 1.81. The second-order valence-electron chi connectivity index (χ2n) is 4.53. The fourth-order valence-electron chi connectivity index (χ4n) is 1.82. The van der Waals surface area contributed by atoms with Crippen LogP contribution in [0.2, 0.25) is 0 Å². The first-order chi connectivity index (χ1) is 10.2. The van der Waals surface area contributed by atoms with Gasteiger partial charge in [0.1, 0.15) is 10.8 Å². The Labute approximate surface area is 127 Å². The molecule has 0 aliphatic heterocycles. The molecule has 1 aromatic heterocycles. The first kappa shape index (κ1) is 15.6. The molecule has 1 amide bonds. The van der Waals surface area contributed by atoms with Gasteiger partial charge in [-0.05, 0) is 31.2 Å². The summed E-state index contributed by atoms with van der Waals surface area (Å²) in [5.41, 5.74) is 1.84. The largest absolute Gasteiger partial charge is 0.356 e. The van der Waals surface area contributed by atoms with E-state index in [1.165, 1.54) is 23.5 Å². The van der Waals surface area contributed by atoms with E-state index in [4.69, 9.17) is 0 Å². The lowest BCUT2D eigenvalue weighted by molar-refractivity contribution is -0.120. The molecule has 21 heavy (non-hydrogen) atoms. The second kappa shape index (κ2) is 7.85. The Kier molecular flexibility index (Phi) is 5.83. The lowest BCUT2D eigenvalue weighted by atomic mass is 10.2. The van der Waals surface area contributed by atoms with Crippen LogP contribution in [0.25, 0.3) is 10.6 Å². The molecule has 4 nitrogen and oxygen atoms in total. The highest BCUT2D eigenvalue weighted by Gasteiger charge is 2.05. The number of aromatic nitrogens is 1. The van der Waals surface area contributed by atoms with E-state index in [9.17, 15) is 9.18 Å². The highest BCUT2D eigenvalue weighted by atomic mass is 32.1. The summed E-state index contributed by atoms with van der Waals surface area (Å²) in [5.74, 6) is -0.196. The topological polar surface area (TPSA) is 54.0 Å². The SMILES string of the molecule is CCNC(=O)CCNCc1csc(-c2ccc(F)cc2)n1. The number of nitrogens with zero attached hydrogens (tertiary/aromatic N) is 1. The molecule has 0 atom stereocenters. The number of benzene rings is 1. The van der Waals surface area contributed by atoms with Crippen LogP contribution in [-0.4, -0.2) is 24.0 Å². The maximum atomic E-state index is 12.9. The van der Waals surface area contributed by atoms with Gasteiger partial charge < -0.3 is 10.6 Å². The van der Waals surface area contributed by atoms with Gasteiger partial charge in [0.05, 0.1) is 5.69 Å². The van der Waals surface area contributed by atoms with Gasteiger partial charge in [0.2, 0.25) is 5.91 Å². The minimum absolute atomic E-state index is 0.0512. The molecule has 0 spiro atoms. The Morgan fingerprint density at radius 3 is 2.81 bits per heavy atom. The summed E-state index contributed by atoms with van der Waals surface area (Å²) in [7, 11) is 0. The second-order valence-corrected chi connectivity index (χ2v) is 5.39. The van der Waals surface area contributed by atoms with E-state index in [2.05, 4.69) is 15.6 Å². The van der Waals surface area contributed by atoms with Gasteiger partial charge in [-0.3, -0.25) is 4.79 Å². The molecule has 0 aliphatic carbocycles. The third-order valence-corrected chi connectivity index (χ3v) is 3.79. The predicted octanol–water partition coefficient (Wildman–Crippen LogP) is 2.57. The molecule has 1 heterocycles. The van der Waals surface area contributed by atoms with Crippen LogP contribution in [0.3, 0.4) is 0 Å². The van der Waals surface area contributed by atoms with E-state index in [0.717, 1.165) is 16.3 Å². The van der Waals surface area contributed by atoms with E-state index in [0.29, 0.717) is 26.1 Å². The van der Waals surface area contributed by atoms with Crippen molar-refractivity contribution in [3.63, 3.8) is 0 Å². The first-order valence-corrected chi connectivity index (χ1v) is 7.74. The van der Waals surface area contributed by atoms with Crippen LogP contribution in [0, 0.1) is 5.82 Å². The van der Waals surface area contributed by atoms with Crippen molar-refractivity contribution in [1.29, 1.82) is 0 Å². The van der Waals surface area contributed by atoms with Gasteiger partial charge in [-0.1, -0.05) is 0 Å². The zero-order valence-electron chi connectivity index (χ0n) is 11.9. The van der Waals surface area contributed by atoms with Gasteiger partial charge in [0, 0.05) is 37.0 Å². The Morgan fingerprint density at radius 1 is 1.33 bits per heavy atom. The molecule has 2 aromatic rings. The number of hydrogen-bond donors (Lipinski definition) is 2. The number of amides is 1. The third kappa shape index (κ3) is 4.91. The summed E-state index contributed by atoms with van der Waals surface area (Å²) in [5, 5.41) is 8.78. The monoisotopic (exact) mass is 307 g/mol. The maximum absolute atomic E-state index is 12.9. The summed E-state index contributed by atoms with van der Waals surface area (Å²) in [4.78, 5) is 15.8. The number of thiazole rings is 1. The molecule has 0 aliphatic rings. The zero-order valence-corrected chi connectivity index (χ0v) is 12.7. The average molecular weight is 307 g/mol. The molecule has 0 radical (unpaired) electrons. The van der Waals surface area contributed by atoms with E-state index in [1.807, 2.05) is 12.3 Å². The van der Waals surface area contributed by atoms with Gasteiger partial charge in [-0.15, -0.1) is 11.3 Å². The summed E-state index contributed by atoms with van der Waals surface area (Å²) < 4.78 is 12.9. The molecule has 2 N–H and O–H groups in total. The van der Waals surface area contributed by atoms with Crippen molar-refractivity contribution in [1.82, 2.24) is 15.6 Å². The van der Waals surface area contributed by atoms with Gasteiger partial charge in [-0.25, -0.2) is 9.37 Å². The van der Waals surface area contributed by atoms with E-state index in [1.54, 1.807) is 12.1 Å². The normalized spacial score (nSPS) is 10.6. The molecule has 2 rings (SSSR count). The lowest BCUT2D eigenvalue weighted by Gasteiger charge is -2.03. The van der Waals surface area contributed by atoms with Gasteiger partial charge in [0.15, 0.2) is 0 Å². The predicted molar refractivity (Wildman–Crippen MR) is 82.5 cm³/mol. The van der Waals surface area contributed by atoms with Gasteiger partial charge in [-0.2, -0.15) is 0 Å². The van der Waals surface area contributed by atoms with Crippen LogP contribution in [0.5, 0.6) is 0 Å². The molecule has 112 valence electrons. The average Bonchev–Trinajstić information content (AvgIpc) is 2.93. The van der Waals surface area contributed by atoms with Crippen LogP contribution < -0.4 is 10.6 Å². The van der Waals surface area contributed by atoms with Crippen molar-refractivity contribution in [3.8, 4) is 10.6 Å². The molecule has 0 fully saturated rings. The first-order valence-electron chi connectivity index (χ1n) is 6.87. The molecule has 0 saturated heterocycles. The molecular formula is C15H18FN3OS. The van der Waals surface area contributed by atoms with Crippen LogP contribution in [0.15, 0.2) is 29.6 Å². The summed E-state index contributed by atoms with van der Waals surface area (Å²) in [6.45, 7) is 3.80.